The van der Waals surface area contributed by atoms with Gasteiger partial charge in [0.2, 0.25) is 0 Å². The Bertz CT molecular complexity index is 3750. The standard InChI is InChI=1S/C57H35N5O/c1-3-17-36(18-4-1)55-58-56(37-19-5-2-6-20-37)60-57(59-55)48-33-38(61-49-26-12-7-21-41(49)42-22-8-13-27-50(42)61)31-32-40(48)46-34-39(35-47-45-25-11-16-30-53(45)63-54(46)47)62-51-28-14-9-23-43(51)44-24-10-15-29-52(44)62/h1-35H. The molecule has 0 spiro atoms. The summed E-state index contributed by atoms with van der Waals surface area (Å²) in [6.07, 6.45) is 0. The molecule has 4 aromatic heterocycles. The first-order valence-corrected chi connectivity index (χ1v) is 21.2. The zero-order valence-electron chi connectivity index (χ0n) is 33.9. The van der Waals surface area contributed by atoms with Gasteiger partial charge in [0, 0.05) is 65.9 Å². The molecular formula is C57H35N5O. The van der Waals surface area contributed by atoms with Crippen molar-refractivity contribution in [2.45, 2.75) is 0 Å². The van der Waals surface area contributed by atoms with Crippen LogP contribution in [0.25, 0.3) is 122 Å². The van der Waals surface area contributed by atoms with E-state index >= 15 is 0 Å². The van der Waals surface area contributed by atoms with E-state index in [2.05, 4.69) is 179 Å². The first-order valence-electron chi connectivity index (χ1n) is 21.2. The van der Waals surface area contributed by atoms with Crippen molar-refractivity contribution < 1.29 is 4.42 Å². The minimum absolute atomic E-state index is 0.562. The Balaban J connectivity index is 1.16. The van der Waals surface area contributed by atoms with Gasteiger partial charge in [-0.2, -0.15) is 0 Å². The molecule has 0 atom stereocenters. The first kappa shape index (κ1) is 35.2. The molecular weight excluding hydrogens is 771 g/mol. The topological polar surface area (TPSA) is 61.7 Å². The van der Waals surface area contributed by atoms with Crippen LogP contribution in [-0.4, -0.2) is 24.1 Å². The lowest BCUT2D eigenvalue weighted by atomic mass is 9.95. The number of rotatable bonds is 6. The molecule has 0 aliphatic rings. The summed E-state index contributed by atoms with van der Waals surface area (Å²) in [5.41, 5.74) is 12.7. The van der Waals surface area contributed by atoms with Crippen molar-refractivity contribution in [2.24, 2.45) is 0 Å². The van der Waals surface area contributed by atoms with Crippen molar-refractivity contribution in [1.82, 2.24) is 24.1 Å². The van der Waals surface area contributed by atoms with Gasteiger partial charge in [-0.3, -0.25) is 0 Å². The number of hydrogen-bond donors (Lipinski definition) is 0. The Labute approximate surface area is 361 Å². The van der Waals surface area contributed by atoms with Gasteiger partial charge in [0.1, 0.15) is 11.2 Å². The molecule has 6 heteroatoms. The highest BCUT2D eigenvalue weighted by Crippen LogP contribution is 2.44. The first-order chi connectivity index (χ1) is 31.2. The second kappa shape index (κ2) is 14.0. The number of aromatic nitrogens is 5. The summed E-state index contributed by atoms with van der Waals surface area (Å²) in [5, 5.41) is 6.88. The maximum atomic E-state index is 6.91. The van der Waals surface area contributed by atoms with Gasteiger partial charge in [0.05, 0.1) is 22.1 Å². The van der Waals surface area contributed by atoms with E-state index in [0.29, 0.717) is 17.5 Å². The summed E-state index contributed by atoms with van der Waals surface area (Å²) in [6, 6.07) is 74.4. The number of benzene rings is 9. The van der Waals surface area contributed by atoms with Crippen LogP contribution in [0.2, 0.25) is 0 Å². The van der Waals surface area contributed by atoms with Crippen molar-refractivity contribution in [3.63, 3.8) is 0 Å². The molecule has 0 aliphatic carbocycles. The summed E-state index contributed by atoms with van der Waals surface area (Å²) in [7, 11) is 0. The van der Waals surface area contributed by atoms with E-state index in [1.165, 1.54) is 21.5 Å². The minimum Gasteiger partial charge on any atom is -0.455 e. The number of nitrogens with zero attached hydrogens (tertiary/aromatic N) is 5. The maximum absolute atomic E-state index is 6.91. The highest BCUT2D eigenvalue weighted by Gasteiger charge is 2.24. The van der Waals surface area contributed by atoms with Gasteiger partial charge in [-0.05, 0) is 60.2 Å². The monoisotopic (exact) mass is 805 g/mol. The third-order valence-corrected chi connectivity index (χ3v) is 12.4. The molecule has 294 valence electrons. The summed E-state index contributed by atoms with van der Waals surface area (Å²) in [4.78, 5) is 15.8. The lowest BCUT2D eigenvalue weighted by Gasteiger charge is -2.17. The second-order valence-corrected chi connectivity index (χ2v) is 16.0. The lowest BCUT2D eigenvalue weighted by molar-refractivity contribution is 0.670. The Morgan fingerprint density at radius 2 is 0.730 bits per heavy atom. The van der Waals surface area contributed by atoms with E-state index in [0.717, 1.165) is 83.2 Å². The molecule has 9 aromatic carbocycles. The number of para-hydroxylation sites is 5. The molecule has 63 heavy (non-hydrogen) atoms. The third kappa shape index (κ3) is 5.55. The van der Waals surface area contributed by atoms with Gasteiger partial charge in [0.25, 0.3) is 0 Å². The number of fused-ring (bicyclic) bond motifs is 9. The van der Waals surface area contributed by atoms with Crippen LogP contribution in [0.4, 0.5) is 0 Å². The maximum Gasteiger partial charge on any atom is 0.164 e. The summed E-state index contributed by atoms with van der Waals surface area (Å²) in [6.45, 7) is 0. The molecule has 4 heterocycles. The minimum atomic E-state index is 0.562. The smallest absolute Gasteiger partial charge is 0.164 e. The van der Waals surface area contributed by atoms with Gasteiger partial charge in [-0.1, -0.05) is 158 Å². The molecule has 0 aliphatic heterocycles. The molecule has 0 unspecified atom stereocenters. The van der Waals surface area contributed by atoms with Crippen LogP contribution in [0.5, 0.6) is 0 Å². The fourth-order valence-corrected chi connectivity index (χ4v) is 9.56. The van der Waals surface area contributed by atoms with Crippen molar-refractivity contribution >= 4 is 65.6 Å². The lowest BCUT2D eigenvalue weighted by Crippen LogP contribution is -2.03. The van der Waals surface area contributed by atoms with Crippen molar-refractivity contribution in [1.29, 1.82) is 0 Å². The Morgan fingerprint density at radius 1 is 0.302 bits per heavy atom. The largest absolute Gasteiger partial charge is 0.455 e. The van der Waals surface area contributed by atoms with E-state index in [1.54, 1.807) is 0 Å². The average molecular weight is 806 g/mol. The highest BCUT2D eigenvalue weighted by atomic mass is 16.3. The van der Waals surface area contributed by atoms with Gasteiger partial charge in [-0.25, -0.2) is 15.0 Å². The zero-order valence-corrected chi connectivity index (χ0v) is 33.9. The van der Waals surface area contributed by atoms with Crippen LogP contribution < -0.4 is 0 Å². The number of furan rings is 1. The zero-order chi connectivity index (χ0) is 41.4. The molecule has 0 fully saturated rings. The van der Waals surface area contributed by atoms with E-state index in [-0.39, 0.29) is 0 Å². The Kier molecular flexibility index (Phi) is 7.80. The third-order valence-electron chi connectivity index (χ3n) is 12.4. The van der Waals surface area contributed by atoms with E-state index in [1.807, 2.05) is 42.5 Å². The fourth-order valence-electron chi connectivity index (χ4n) is 9.56. The van der Waals surface area contributed by atoms with Crippen LogP contribution in [0.1, 0.15) is 0 Å². The molecule has 6 nitrogen and oxygen atoms in total. The summed E-state index contributed by atoms with van der Waals surface area (Å²) >= 11 is 0. The van der Waals surface area contributed by atoms with Crippen LogP contribution in [0, 0.1) is 0 Å². The van der Waals surface area contributed by atoms with Crippen LogP contribution >= 0.6 is 0 Å². The Morgan fingerprint density at radius 3 is 1.27 bits per heavy atom. The predicted molar refractivity (Wildman–Crippen MR) is 258 cm³/mol. The van der Waals surface area contributed by atoms with E-state index in [4.69, 9.17) is 19.4 Å². The van der Waals surface area contributed by atoms with Gasteiger partial charge in [-0.15, -0.1) is 0 Å². The molecule has 13 aromatic rings. The Hall–Kier alpha value is -8.61. The summed E-state index contributed by atoms with van der Waals surface area (Å²) in [5.74, 6) is 1.76. The van der Waals surface area contributed by atoms with E-state index < -0.39 is 0 Å². The van der Waals surface area contributed by atoms with Crippen LogP contribution in [0.15, 0.2) is 217 Å². The predicted octanol–water partition coefficient (Wildman–Crippen LogP) is 14.6. The van der Waals surface area contributed by atoms with E-state index in [9.17, 15) is 0 Å². The molecule has 0 radical (unpaired) electrons. The molecule has 0 bridgehead atoms. The molecule has 0 saturated carbocycles. The van der Waals surface area contributed by atoms with Crippen molar-refractivity contribution in [3.05, 3.63) is 212 Å². The summed E-state index contributed by atoms with van der Waals surface area (Å²) < 4.78 is 11.6. The molecule has 0 N–H and O–H groups in total. The molecule has 13 rings (SSSR count). The fraction of sp³-hybridized carbons (Fsp3) is 0. The van der Waals surface area contributed by atoms with Crippen molar-refractivity contribution in [3.8, 4) is 56.7 Å². The van der Waals surface area contributed by atoms with Crippen LogP contribution in [-0.2, 0) is 0 Å². The quantitative estimate of drug-likeness (QED) is 0.168. The van der Waals surface area contributed by atoms with Gasteiger partial charge < -0.3 is 13.6 Å². The molecule has 0 amide bonds. The van der Waals surface area contributed by atoms with Gasteiger partial charge >= 0.3 is 0 Å². The number of hydrogen-bond acceptors (Lipinski definition) is 4. The second-order valence-electron chi connectivity index (χ2n) is 16.0. The SMILES string of the molecule is c1ccc(-c2nc(-c3ccccc3)nc(-c3cc(-n4c5ccccc5c5ccccc54)ccc3-c3cc(-n4c5ccccc5c5ccccc54)cc4c3oc3ccccc34)n2)cc1. The highest BCUT2D eigenvalue weighted by molar-refractivity contribution is 6.14. The average Bonchev–Trinajstić information content (AvgIpc) is 4.02. The normalized spacial score (nSPS) is 11.8. The molecule has 0 saturated heterocycles. The van der Waals surface area contributed by atoms with Crippen LogP contribution in [0.3, 0.4) is 0 Å². The van der Waals surface area contributed by atoms with Crippen molar-refractivity contribution in [2.75, 3.05) is 0 Å². The van der Waals surface area contributed by atoms with Gasteiger partial charge in [0.15, 0.2) is 17.5 Å².